The summed E-state index contributed by atoms with van der Waals surface area (Å²) in [5, 5.41) is 2.87. The van der Waals surface area contributed by atoms with Crippen LogP contribution in [-0.4, -0.2) is 35.6 Å². The van der Waals surface area contributed by atoms with Gasteiger partial charge in [0.1, 0.15) is 6.61 Å². The van der Waals surface area contributed by atoms with Crippen LogP contribution in [0.4, 0.5) is 10.5 Å². The van der Waals surface area contributed by atoms with Crippen LogP contribution >= 0.6 is 0 Å². The van der Waals surface area contributed by atoms with Crippen molar-refractivity contribution in [2.24, 2.45) is 0 Å². The van der Waals surface area contributed by atoms with Crippen LogP contribution in [0.5, 0.6) is 0 Å². The van der Waals surface area contributed by atoms with Crippen molar-refractivity contribution in [3.63, 3.8) is 0 Å². The summed E-state index contributed by atoms with van der Waals surface area (Å²) in [7, 11) is 0. The highest BCUT2D eigenvalue weighted by Crippen LogP contribution is 2.45. The molecule has 5 heteroatoms. The van der Waals surface area contributed by atoms with E-state index >= 15 is 0 Å². The molecule has 1 N–H and O–H groups in total. The second-order valence-electron chi connectivity index (χ2n) is 10.0. The molecule has 2 bridgehead atoms. The average molecular weight is 479 g/mol. The minimum Gasteiger partial charge on any atom is -0.448 e. The standard InChI is InChI=1S/C31H30N2O3/c1-20(34)32-23-9-6-8-21(16-23)22-17-24-10-7-11-25(18-22)33(24)31(35)36-19-30-28-14-4-2-12-26(28)27-13-3-5-15-29(27)30/h2-6,8-9,12-17,24-25,30H,7,10-11,18-19H2,1H3,(H,32,34). The SMILES string of the molecule is CC(=O)Nc1cccc(C2=CC3CCCC(C2)N3C(=O)OCC2c3ccccc3-c3ccccc32)c1. The highest BCUT2D eigenvalue weighted by atomic mass is 16.6. The van der Waals surface area contributed by atoms with Gasteiger partial charge in [-0.1, -0.05) is 66.7 Å². The fraction of sp³-hybridized carbons (Fsp3) is 0.290. The largest absolute Gasteiger partial charge is 0.448 e. The van der Waals surface area contributed by atoms with E-state index < -0.39 is 0 Å². The predicted molar refractivity (Wildman–Crippen MR) is 142 cm³/mol. The fourth-order valence-corrected chi connectivity index (χ4v) is 6.20. The summed E-state index contributed by atoms with van der Waals surface area (Å²) in [6.45, 7) is 1.86. The van der Waals surface area contributed by atoms with Crippen LogP contribution in [0.3, 0.4) is 0 Å². The third kappa shape index (κ3) is 4.09. The molecule has 1 fully saturated rings. The average Bonchev–Trinajstić information content (AvgIpc) is 3.20. The van der Waals surface area contributed by atoms with Gasteiger partial charge in [0.05, 0.1) is 6.04 Å². The van der Waals surface area contributed by atoms with Crippen molar-refractivity contribution >= 4 is 23.3 Å². The highest BCUT2D eigenvalue weighted by Gasteiger charge is 2.39. The van der Waals surface area contributed by atoms with E-state index in [9.17, 15) is 9.59 Å². The van der Waals surface area contributed by atoms with Crippen LogP contribution in [0.25, 0.3) is 16.7 Å². The Morgan fingerprint density at radius 3 is 2.36 bits per heavy atom. The Labute approximate surface area is 211 Å². The Morgan fingerprint density at radius 1 is 0.944 bits per heavy atom. The molecule has 2 aliphatic heterocycles. The number of nitrogens with one attached hydrogen (secondary N) is 1. The molecule has 3 aromatic carbocycles. The first-order chi connectivity index (χ1) is 17.6. The molecular formula is C31H30N2O3. The molecule has 5 nitrogen and oxygen atoms in total. The predicted octanol–water partition coefficient (Wildman–Crippen LogP) is 6.60. The maximum atomic E-state index is 13.4. The number of piperidine rings is 1. The van der Waals surface area contributed by atoms with Crippen molar-refractivity contribution in [1.82, 2.24) is 4.90 Å². The zero-order valence-electron chi connectivity index (χ0n) is 20.4. The zero-order valence-corrected chi connectivity index (χ0v) is 20.4. The molecule has 3 aliphatic rings. The number of rotatable bonds is 4. The Balaban J connectivity index is 1.20. The van der Waals surface area contributed by atoms with Crippen molar-refractivity contribution < 1.29 is 14.3 Å². The van der Waals surface area contributed by atoms with E-state index in [0.717, 1.165) is 36.9 Å². The van der Waals surface area contributed by atoms with Gasteiger partial charge in [-0.3, -0.25) is 9.69 Å². The molecule has 1 aliphatic carbocycles. The van der Waals surface area contributed by atoms with Gasteiger partial charge in [-0.05, 0) is 71.2 Å². The quantitative estimate of drug-likeness (QED) is 0.459. The van der Waals surface area contributed by atoms with E-state index in [-0.39, 0.29) is 30.0 Å². The smallest absolute Gasteiger partial charge is 0.410 e. The van der Waals surface area contributed by atoms with E-state index in [4.69, 9.17) is 4.74 Å². The van der Waals surface area contributed by atoms with Crippen LogP contribution in [0.15, 0.2) is 78.9 Å². The lowest BCUT2D eigenvalue weighted by atomic mass is 9.83. The molecule has 2 unspecified atom stereocenters. The topological polar surface area (TPSA) is 58.6 Å². The molecule has 3 aromatic rings. The number of carbonyl (C=O) groups excluding carboxylic acids is 2. The zero-order chi connectivity index (χ0) is 24.6. The molecule has 0 spiro atoms. The van der Waals surface area contributed by atoms with Crippen LogP contribution in [-0.2, 0) is 9.53 Å². The van der Waals surface area contributed by atoms with Crippen LogP contribution < -0.4 is 5.32 Å². The van der Waals surface area contributed by atoms with E-state index in [1.54, 1.807) is 0 Å². The monoisotopic (exact) mass is 478 g/mol. The number of amides is 2. The summed E-state index contributed by atoms with van der Waals surface area (Å²) in [6, 6.07) is 25.0. The Kier molecular flexibility index (Phi) is 5.84. The molecule has 2 atom stereocenters. The van der Waals surface area contributed by atoms with Gasteiger partial charge >= 0.3 is 6.09 Å². The van der Waals surface area contributed by atoms with E-state index in [1.165, 1.54) is 34.8 Å². The van der Waals surface area contributed by atoms with Crippen LogP contribution in [0, 0.1) is 0 Å². The molecule has 182 valence electrons. The summed E-state index contributed by atoms with van der Waals surface area (Å²) in [4.78, 5) is 26.9. The number of ether oxygens (including phenoxy) is 1. The van der Waals surface area contributed by atoms with Crippen molar-refractivity contribution in [1.29, 1.82) is 0 Å². The van der Waals surface area contributed by atoms with Crippen molar-refractivity contribution in [2.75, 3.05) is 11.9 Å². The van der Waals surface area contributed by atoms with E-state index in [0.29, 0.717) is 6.61 Å². The molecule has 0 aromatic heterocycles. The number of carbonyl (C=O) groups is 2. The Hall–Kier alpha value is -3.86. The number of fused-ring (bicyclic) bond motifs is 5. The maximum Gasteiger partial charge on any atom is 0.410 e. The van der Waals surface area contributed by atoms with E-state index in [2.05, 4.69) is 66.0 Å². The lowest BCUT2D eigenvalue weighted by molar-refractivity contribution is -0.114. The summed E-state index contributed by atoms with van der Waals surface area (Å²) in [5.74, 6) is -0.0170. The normalized spacial score (nSPS) is 20.2. The van der Waals surface area contributed by atoms with Gasteiger partial charge in [-0.15, -0.1) is 0 Å². The summed E-state index contributed by atoms with van der Waals surface area (Å²) < 4.78 is 6.03. The number of anilines is 1. The maximum absolute atomic E-state index is 13.4. The minimum absolute atomic E-state index is 0.0348. The number of hydrogen-bond acceptors (Lipinski definition) is 3. The summed E-state index contributed by atoms with van der Waals surface area (Å²) in [6.07, 6.45) is 5.83. The molecule has 0 radical (unpaired) electrons. The third-order valence-corrected chi connectivity index (χ3v) is 7.74. The van der Waals surface area contributed by atoms with E-state index in [1.807, 2.05) is 23.1 Å². The van der Waals surface area contributed by atoms with Crippen molar-refractivity contribution in [3.05, 3.63) is 95.6 Å². The molecule has 2 amide bonds. The first-order valence-corrected chi connectivity index (χ1v) is 12.8. The summed E-state index contributed by atoms with van der Waals surface area (Å²) in [5.41, 5.74) is 8.06. The molecule has 1 saturated heterocycles. The first kappa shape index (κ1) is 22.6. The molecular weight excluding hydrogens is 448 g/mol. The van der Waals surface area contributed by atoms with Crippen LogP contribution in [0.1, 0.15) is 55.2 Å². The number of hydrogen-bond donors (Lipinski definition) is 1. The lowest BCUT2D eigenvalue weighted by Gasteiger charge is -2.44. The second kappa shape index (κ2) is 9.30. The first-order valence-electron chi connectivity index (χ1n) is 12.8. The molecule has 0 saturated carbocycles. The molecule has 36 heavy (non-hydrogen) atoms. The minimum atomic E-state index is -0.214. The van der Waals surface area contributed by atoms with Gasteiger partial charge in [0.2, 0.25) is 5.91 Å². The highest BCUT2D eigenvalue weighted by molar-refractivity contribution is 5.89. The Bertz CT molecular complexity index is 1320. The number of nitrogens with zero attached hydrogens (tertiary/aromatic N) is 1. The van der Waals surface area contributed by atoms with Gasteiger partial charge in [0.25, 0.3) is 0 Å². The van der Waals surface area contributed by atoms with Crippen LogP contribution in [0.2, 0.25) is 0 Å². The van der Waals surface area contributed by atoms with Gasteiger partial charge < -0.3 is 10.1 Å². The van der Waals surface area contributed by atoms with Crippen molar-refractivity contribution in [3.8, 4) is 11.1 Å². The summed E-state index contributed by atoms with van der Waals surface area (Å²) >= 11 is 0. The molecule has 6 rings (SSSR count). The van der Waals surface area contributed by atoms with Gasteiger partial charge in [0.15, 0.2) is 0 Å². The lowest BCUT2D eigenvalue weighted by Crippen LogP contribution is -2.51. The number of benzene rings is 3. The molecule has 2 heterocycles. The second-order valence-corrected chi connectivity index (χ2v) is 10.0. The fourth-order valence-electron chi connectivity index (χ4n) is 6.20. The third-order valence-electron chi connectivity index (χ3n) is 7.74. The Morgan fingerprint density at radius 2 is 1.67 bits per heavy atom. The van der Waals surface area contributed by atoms with Gasteiger partial charge in [-0.25, -0.2) is 4.79 Å². The van der Waals surface area contributed by atoms with Crippen molar-refractivity contribution in [2.45, 2.75) is 50.6 Å². The van der Waals surface area contributed by atoms with Gasteiger partial charge in [-0.2, -0.15) is 0 Å². The van der Waals surface area contributed by atoms with Gasteiger partial charge in [0, 0.05) is 24.6 Å².